The zero-order valence-corrected chi connectivity index (χ0v) is 16.9. The summed E-state index contributed by atoms with van der Waals surface area (Å²) in [6.07, 6.45) is -3.75. The fourth-order valence-corrected chi connectivity index (χ4v) is 3.95. The lowest BCUT2D eigenvalue weighted by atomic mass is 10.1. The summed E-state index contributed by atoms with van der Waals surface area (Å²) < 4.78 is 46.3. The van der Waals surface area contributed by atoms with Crippen molar-refractivity contribution in [1.29, 1.82) is 0 Å². The SMILES string of the molecule is O=C1/C(=C\c2ccc(Sc3nc4ccccc4[nH]3)o2)C(C(F)(F)F)=NN1c1ccccc1. The van der Waals surface area contributed by atoms with Crippen molar-refractivity contribution in [1.82, 2.24) is 9.97 Å². The van der Waals surface area contributed by atoms with Crippen LogP contribution in [0.15, 0.2) is 92.1 Å². The van der Waals surface area contributed by atoms with Crippen LogP contribution in [0.5, 0.6) is 0 Å². The zero-order chi connectivity index (χ0) is 22.3. The highest BCUT2D eigenvalue weighted by Gasteiger charge is 2.47. The van der Waals surface area contributed by atoms with Crippen molar-refractivity contribution in [2.45, 2.75) is 16.4 Å². The third-order valence-corrected chi connectivity index (χ3v) is 5.41. The van der Waals surface area contributed by atoms with Crippen molar-refractivity contribution in [2.24, 2.45) is 5.10 Å². The molecule has 0 saturated carbocycles. The van der Waals surface area contributed by atoms with Crippen LogP contribution in [-0.2, 0) is 4.79 Å². The molecule has 0 unspecified atom stereocenters. The Morgan fingerprint density at radius 3 is 2.50 bits per heavy atom. The second kappa shape index (κ2) is 7.72. The van der Waals surface area contributed by atoms with Gasteiger partial charge in [0.2, 0.25) is 0 Å². The number of rotatable bonds is 4. The second-order valence-corrected chi connectivity index (χ2v) is 7.77. The Bertz CT molecular complexity index is 1340. The number of benzene rings is 2. The molecule has 0 bridgehead atoms. The van der Waals surface area contributed by atoms with Crippen LogP contribution in [0.1, 0.15) is 5.76 Å². The molecule has 0 aliphatic carbocycles. The number of halogens is 3. The number of anilines is 1. The number of aromatic nitrogens is 2. The minimum atomic E-state index is -4.80. The molecule has 0 spiro atoms. The molecule has 1 amide bonds. The maximum atomic E-state index is 13.6. The van der Waals surface area contributed by atoms with E-state index in [0.717, 1.165) is 22.1 Å². The molecule has 1 aliphatic rings. The number of H-pyrrole nitrogens is 1. The van der Waals surface area contributed by atoms with Crippen molar-refractivity contribution in [2.75, 3.05) is 5.01 Å². The molecule has 1 aliphatic heterocycles. The maximum Gasteiger partial charge on any atom is 0.435 e. The summed E-state index contributed by atoms with van der Waals surface area (Å²) in [6.45, 7) is 0. The van der Waals surface area contributed by atoms with Gasteiger partial charge < -0.3 is 9.40 Å². The standard InChI is InChI=1S/C22H13F3N4O2S/c23-22(24,25)19-15(20(30)29(28-19)13-6-2-1-3-7-13)12-14-10-11-18(31-14)32-21-26-16-8-4-5-9-17(16)27-21/h1-12H,(H,26,27)/b15-12-. The van der Waals surface area contributed by atoms with Gasteiger partial charge in [0.1, 0.15) is 5.76 Å². The molecular formula is C22H13F3N4O2S. The molecule has 0 saturated heterocycles. The predicted octanol–water partition coefficient (Wildman–Crippen LogP) is 5.66. The molecule has 32 heavy (non-hydrogen) atoms. The number of alkyl halides is 3. The summed E-state index contributed by atoms with van der Waals surface area (Å²) in [7, 11) is 0. The van der Waals surface area contributed by atoms with E-state index in [9.17, 15) is 18.0 Å². The van der Waals surface area contributed by atoms with Crippen molar-refractivity contribution < 1.29 is 22.4 Å². The second-order valence-electron chi connectivity index (χ2n) is 6.77. The quantitative estimate of drug-likeness (QED) is 0.404. The van der Waals surface area contributed by atoms with Crippen molar-refractivity contribution in [3.63, 3.8) is 0 Å². The summed E-state index contributed by atoms with van der Waals surface area (Å²) in [5.41, 5.74) is 0.0217. The molecule has 0 fully saturated rings. The van der Waals surface area contributed by atoms with Gasteiger partial charge in [-0.15, -0.1) is 0 Å². The van der Waals surface area contributed by atoms with E-state index in [4.69, 9.17) is 4.42 Å². The number of furan rings is 1. The number of carbonyl (C=O) groups excluding carboxylic acids is 1. The first-order chi connectivity index (χ1) is 15.4. The van der Waals surface area contributed by atoms with Crippen LogP contribution in [0, 0.1) is 0 Å². The van der Waals surface area contributed by atoms with Gasteiger partial charge in [0.15, 0.2) is 16.0 Å². The van der Waals surface area contributed by atoms with Gasteiger partial charge in [0.25, 0.3) is 5.91 Å². The number of para-hydroxylation sites is 3. The molecule has 0 atom stereocenters. The molecular weight excluding hydrogens is 441 g/mol. The number of hydrazone groups is 1. The molecule has 0 radical (unpaired) electrons. The van der Waals surface area contributed by atoms with Gasteiger partial charge in [-0.1, -0.05) is 30.3 Å². The minimum Gasteiger partial charge on any atom is -0.450 e. The highest BCUT2D eigenvalue weighted by Crippen LogP contribution is 2.34. The van der Waals surface area contributed by atoms with Gasteiger partial charge in [-0.05, 0) is 54.2 Å². The Morgan fingerprint density at radius 2 is 1.75 bits per heavy atom. The molecule has 2 aromatic carbocycles. The number of fused-ring (bicyclic) bond motifs is 1. The summed E-state index contributed by atoms with van der Waals surface area (Å²) in [5, 5.41) is 5.25. The first-order valence-corrected chi connectivity index (χ1v) is 10.2. The average molecular weight is 454 g/mol. The molecule has 3 heterocycles. The predicted molar refractivity (Wildman–Crippen MR) is 114 cm³/mol. The van der Waals surface area contributed by atoms with Crippen LogP contribution in [0.2, 0.25) is 0 Å². The lowest BCUT2D eigenvalue weighted by Gasteiger charge is -2.10. The number of imidazole rings is 1. The van der Waals surface area contributed by atoms with Crippen molar-refractivity contribution in [3.8, 4) is 0 Å². The summed E-state index contributed by atoms with van der Waals surface area (Å²) >= 11 is 1.19. The number of hydrogen-bond donors (Lipinski definition) is 1. The highest BCUT2D eigenvalue weighted by atomic mass is 32.2. The monoisotopic (exact) mass is 454 g/mol. The summed E-state index contributed by atoms with van der Waals surface area (Å²) in [5.74, 6) is -0.787. The van der Waals surface area contributed by atoms with E-state index in [1.54, 1.807) is 24.3 Å². The van der Waals surface area contributed by atoms with Gasteiger partial charge in [0.05, 0.1) is 22.3 Å². The van der Waals surface area contributed by atoms with E-state index in [0.29, 0.717) is 10.2 Å². The zero-order valence-electron chi connectivity index (χ0n) is 16.1. The third-order valence-electron chi connectivity index (χ3n) is 4.60. The lowest BCUT2D eigenvalue weighted by molar-refractivity contribution is -0.114. The van der Waals surface area contributed by atoms with Crippen molar-refractivity contribution >= 4 is 46.2 Å². The normalized spacial score (nSPS) is 15.7. The first kappa shape index (κ1) is 20.1. The summed E-state index contributed by atoms with van der Waals surface area (Å²) in [6, 6.07) is 18.5. The van der Waals surface area contributed by atoms with E-state index >= 15 is 0 Å². The smallest absolute Gasteiger partial charge is 0.435 e. The van der Waals surface area contributed by atoms with Crippen LogP contribution < -0.4 is 5.01 Å². The number of carbonyl (C=O) groups is 1. The van der Waals surface area contributed by atoms with E-state index in [-0.39, 0.29) is 11.4 Å². The van der Waals surface area contributed by atoms with Gasteiger partial charge in [0, 0.05) is 0 Å². The molecule has 1 N–H and O–H groups in total. The minimum absolute atomic E-state index is 0.0961. The molecule has 5 rings (SSSR count). The maximum absolute atomic E-state index is 13.6. The largest absolute Gasteiger partial charge is 0.450 e. The lowest BCUT2D eigenvalue weighted by Crippen LogP contribution is -2.25. The molecule has 6 nitrogen and oxygen atoms in total. The van der Waals surface area contributed by atoms with Gasteiger partial charge >= 0.3 is 6.18 Å². The molecule has 10 heteroatoms. The van der Waals surface area contributed by atoms with Gasteiger partial charge in [-0.25, -0.2) is 4.98 Å². The third kappa shape index (κ3) is 3.80. The molecule has 4 aromatic rings. The van der Waals surface area contributed by atoms with Crippen LogP contribution in [0.25, 0.3) is 17.1 Å². The fraction of sp³-hybridized carbons (Fsp3) is 0.0455. The van der Waals surface area contributed by atoms with Gasteiger partial charge in [-0.2, -0.15) is 23.3 Å². The van der Waals surface area contributed by atoms with E-state index < -0.39 is 23.4 Å². The fourth-order valence-electron chi connectivity index (χ4n) is 3.18. The van der Waals surface area contributed by atoms with Crippen molar-refractivity contribution in [3.05, 3.63) is 78.1 Å². The Kier molecular flexibility index (Phi) is 4.86. The number of hydrogen-bond acceptors (Lipinski definition) is 5. The number of amides is 1. The topological polar surface area (TPSA) is 74.5 Å². The Labute approximate surface area is 183 Å². The molecule has 2 aromatic heterocycles. The first-order valence-electron chi connectivity index (χ1n) is 9.38. The van der Waals surface area contributed by atoms with E-state index in [1.165, 1.54) is 30.0 Å². The van der Waals surface area contributed by atoms with Crippen LogP contribution in [0.3, 0.4) is 0 Å². The average Bonchev–Trinajstić information content (AvgIpc) is 3.46. The highest BCUT2D eigenvalue weighted by molar-refractivity contribution is 7.99. The number of nitrogens with zero attached hydrogens (tertiary/aromatic N) is 3. The van der Waals surface area contributed by atoms with Crippen LogP contribution in [-0.4, -0.2) is 27.8 Å². The summed E-state index contributed by atoms with van der Waals surface area (Å²) in [4.78, 5) is 20.3. The van der Waals surface area contributed by atoms with Gasteiger partial charge in [-0.3, -0.25) is 4.79 Å². The Balaban J connectivity index is 1.44. The van der Waals surface area contributed by atoms with Crippen LogP contribution in [0.4, 0.5) is 18.9 Å². The number of aromatic amines is 1. The molecule has 160 valence electrons. The van der Waals surface area contributed by atoms with E-state index in [2.05, 4.69) is 15.1 Å². The van der Waals surface area contributed by atoms with Crippen LogP contribution >= 0.6 is 11.8 Å². The Hall–Kier alpha value is -3.79. The van der Waals surface area contributed by atoms with E-state index in [1.807, 2.05) is 24.3 Å². The number of nitrogens with one attached hydrogen (secondary N) is 1. The Morgan fingerprint density at radius 1 is 1.00 bits per heavy atom.